The van der Waals surface area contributed by atoms with Gasteiger partial charge in [-0.15, -0.1) is 0 Å². The lowest BCUT2D eigenvalue weighted by molar-refractivity contribution is 1.13. The number of nitriles is 1. The van der Waals surface area contributed by atoms with Crippen molar-refractivity contribution < 1.29 is 0 Å². The Bertz CT molecular complexity index is 634. The van der Waals surface area contributed by atoms with Crippen LogP contribution in [-0.2, 0) is 0 Å². The van der Waals surface area contributed by atoms with Crippen molar-refractivity contribution in [2.75, 3.05) is 5.32 Å². The van der Waals surface area contributed by atoms with Gasteiger partial charge in [-0.3, -0.25) is 0 Å². The first-order valence-corrected chi connectivity index (χ1v) is 5.81. The minimum atomic E-state index is 0.169. The van der Waals surface area contributed by atoms with E-state index in [0.29, 0.717) is 16.4 Å². The third-order valence-corrected chi connectivity index (χ3v) is 2.79. The van der Waals surface area contributed by atoms with Gasteiger partial charge in [-0.25, -0.2) is 9.97 Å². The molecule has 0 spiro atoms. The lowest BCUT2D eigenvalue weighted by atomic mass is 10.2. The second kappa shape index (κ2) is 5.21. The largest absolute Gasteiger partial charge is 0.340 e. The number of nitrogens with one attached hydrogen (secondary N) is 1. The van der Waals surface area contributed by atoms with Gasteiger partial charge in [0.2, 0.25) is 5.28 Å². The molecule has 0 atom stereocenters. The Kier molecular flexibility index (Phi) is 3.66. The van der Waals surface area contributed by atoms with E-state index >= 15 is 0 Å². The van der Waals surface area contributed by atoms with Crippen molar-refractivity contribution in [3.63, 3.8) is 0 Å². The van der Waals surface area contributed by atoms with Crippen LogP contribution < -0.4 is 5.32 Å². The average Bonchev–Trinajstić information content (AvgIpc) is 2.34. The highest BCUT2D eigenvalue weighted by atomic mass is 35.5. The Hall–Kier alpha value is -1.83. The molecule has 6 heteroatoms. The molecule has 0 aliphatic rings. The summed E-state index contributed by atoms with van der Waals surface area (Å²) in [6, 6.07) is 7.05. The fraction of sp³-hybridized carbons (Fsp3) is 0.0833. The van der Waals surface area contributed by atoms with E-state index in [-0.39, 0.29) is 5.28 Å². The van der Waals surface area contributed by atoms with E-state index in [4.69, 9.17) is 28.5 Å². The summed E-state index contributed by atoms with van der Waals surface area (Å²) in [5.74, 6) is 0.607. The third kappa shape index (κ3) is 2.70. The van der Waals surface area contributed by atoms with Crippen LogP contribution in [0.15, 0.2) is 24.4 Å². The Labute approximate surface area is 114 Å². The van der Waals surface area contributed by atoms with Gasteiger partial charge in [0.05, 0.1) is 10.6 Å². The highest BCUT2D eigenvalue weighted by Crippen LogP contribution is 2.24. The standard InChI is InChI=1S/C12H8Cl2N4/c1-7-6-16-12(14)18-11(7)17-9-3-2-8(5-15)10(13)4-9/h2-4,6H,1H3,(H,16,17,18). The van der Waals surface area contributed by atoms with Gasteiger partial charge < -0.3 is 5.32 Å². The second-order valence-corrected chi connectivity index (χ2v) is 4.35. The van der Waals surface area contributed by atoms with Gasteiger partial charge in [-0.1, -0.05) is 11.6 Å². The predicted molar refractivity (Wildman–Crippen MR) is 71.2 cm³/mol. The first-order valence-electron chi connectivity index (χ1n) is 5.06. The zero-order chi connectivity index (χ0) is 13.1. The van der Waals surface area contributed by atoms with Gasteiger partial charge in [-0.05, 0) is 36.7 Å². The molecule has 1 aromatic carbocycles. The maximum absolute atomic E-state index is 8.79. The summed E-state index contributed by atoms with van der Waals surface area (Å²) in [5, 5.41) is 12.4. The summed E-state index contributed by atoms with van der Waals surface area (Å²) < 4.78 is 0. The molecule has 0 radical (unpaired) electrons. The maximum atomic E-state index is 8.79. The van der Waals surface area contributed by atoms with Crippen molar-refractivity contribution in [1.82, 2.24) is 9.97 Å². The molecule has 90 valence electrons. The number of halogens is 2. The molecule has 0 fully saturated rings. The molecule has 0 aliphatic carbocycles. The topological polar surface area (TPSA) is 61.6 Å². The number of hydrogen-bond acceptors (Lipinski definition) is 4. The highest BCUT2D eigenvalue weighted by molar-refractivity contribution is 6.32. The predicted octanol–water partition coefficient (Wildman–Crippen LogP) is 3.71. The lowest BCUT2D eigenvalue weighted by Crippen LogP contribution is -1.98. The molecule has 18 heavy (non-hydrogen) atoms. The zero-order valence-corrected chi connectivity index (χ0v) is 10.9. The minimum Gasteiger partial charge on any atom is -0.340 e. The fourth-order valence-electron chi connectivity index (χ4n) is 1.37. The molecule has 0 aliphatic heterocycles. The molecule has 2 rings (SSSR count). The smallest absolute Gasteiger partial charge is 0.224 e. The molecule has 0 amide bonds. The molecule has 0 saturated carbocycles. The van der Waals surface area contributed by atoms with Crippen molar-refractivity contribution in [1.29, 1.82) is 5.26 Å². The molecule has 1 N–H and O–H groups in total. The molecular weight excluding hydrogens is 271 g/mol. The van der Waals surface area contributed by atoms with E-state index in [1.165, 1.54) is 0 Å². The maximum Gasteiger partial charge on any atom is 0.224 e. The van der Waals surface area contributed by atoms with E-state index in [9.17, 15) is 0 Å². The normalized spacial score (nSPS) is 9.89. The van der Waals surface area contributed by atoms with Crippen LogP contribution >= 0.6 is 23.2 Å². The van der Waals surface area contributed by atoms with Crippen molar-refractivity contribution in [3.05, 3.63) is 45.8 Å². The van der Waals surface area contributed by atoms with Gasteiger partial charge in [0.15, 0.2) is 0 Å². The van der Waals surface area contributed by atoms with Gasteiger partial charge in [0.1, 0.15) is 11.9 Å². The quantitative estimate of drug-likeness (QED) is 0.851. The van der Waals surface area contributed by atoms with E-state index in [1.807, 2.05) is 13.0 Å². The van der Waals surface area contributed by atoms with Crippen LogP contribution in [0, 0.1) is 18.3 Å². The Morgan fingerprint density at radius 2 is 2.11 bits per heavy atom. The molecule has 1 aromatic heterocycles. The van der Waals surface area contributed by atoms with Crippen molar-refractivity contribution >= 4 is 34.7 Å². The van der Waals surface area contributed by atoms with E-state index in [2.05, 4.69) is 15.3 Å². The van der Waals surface area contributed by atoms with Crippen molar-refractivity contribution in [2.24, 2.45) is 0 Å². The Balaban J connectivity index is 2.32. The molecule has 0 bridgehead atoms. The summed E-state index contributed by atoms with van der Waals surface area (Å²) in [7, 11) is 0. The summed E-state index contributed by atoms with van der Waals surface area (Å²) in [5.41, 5.74) is 2.02. The van der Waals surface area contributed by atoms with E-state index in [0.717, 1.165) is 11.3 Å². The van der Waals surface area contributed by atoms with Crippen molar-refractivity contribution in [2.45, 2.75) is 6.92 Å². The van der Waals surface area contributed by atoms with E-state index < -0.39 is 0 Å². The summed E-state index contributed by atoms with van der Waals surface area (Å²) in [4.78, 5) is 7.95. The third-order valence-electron chi connectivity index (χ3n) is 2.29. The van der Waals surface area contributed by atoms with Crippen molar-refractivity contribution in [3.8, 4) is 6.07 Å². The summed E-state index contributed by atoms with van der Waals surface area (Å²) >= 11 is 11.7. The number of aryl methyl sites for hydroxylation is 1. The zero-order valence-electron chi connectivity index (χ0n) is 9.41. The number of aromatic nitrogens is 2. The Morgan fingerprint density at radius 1 is 1.33 bits per heavy atom. The Morgan fingerprint density at radius 3 is 2.78 bits per heavy atom. The SMILES string of the molecule is Cc1cnc(Cl)nc1Nc1ccc(C#N)c(Cl)c1. The summed E-state index contributed by atoms with van der Waals surface area (Å²) in [6.07, 6.45) is 1.63. The van der Waals surface area contributed by atoms with Gasteiger partial charge in [0, 0.05) is 17.4 Å². The first kappa shape index (κ1) is 12.6. The molecule has 1 heterocycles. The van der Waals surface area contributed by atoms with Gasteiger partial charge in [0.25, 0.3) is 0 Å². The van der Waals surface area contributed by atoms with Crippen LogP contribution in [-0.4, -0.2) is 9.97 Å². The number of hydrogen-bond donors (Lipinski definition) is 1. The van der Waals surface area contributed by atoms with Crippen LogP contribution in [0.25, 0.3) is 0 Å². The van der Waals surface area contributed by atoms with Crippen LogP contribution in [0.2, 0.25) is 10.3 Å². The van der Waals surface area contributed by atoms with E-state index in [1.54, 1.807) is 24.4 Å². The number of nitrogens with zero attached hydrogens (tertiary/aromatic N) is 3. The monoisotopic (exact) mass is 278 g/mol. The summed E-state index contributed by atoms with van der Waals surface area (Å²) in [6.45, 7) is 1.86. The highest BCUT2D eigenvalue weighted by Gasteiger charge is 2.05. The van der Waals surface area contributed by atoms with Gasteiger partial charge in [-0.2, -0.15) is 5.26 Å². The molecule has 4 nitrogen and oxygen atoms in total. The number of rotatable bonds is 2. The van der Waals surface area contributed by atoms with Crippen LogP contribution in [0.5, 0.6) is 0 Å². The number of benzene rings is 1. The molecule has 0 saturated heterocycles. The molecular formula is C12H8Cl2N4. The van der Waals surface area contributed by atoms with Gasteiger partial charge >= 0.3 is 0 Å². The molecule has 2 aromatic rings. The first-order chi connectivity index (χ1) is 8.60. The van der Waals surface area contributed by atoms with Crippen LogP contribution in [0.4, 0.5) is 11.5 Å². The fourth-order valence-corrected chi connectivity index (χ4v) is 1.72. The average molecular weight is 279 g/mol. The minimum absolute atomic E-state index is 0.169. The van der Waals surface area contributed by atoms with Crippen LogP contribution in [0.3, 0.4) is 0 Å². The van der Waals surface area contributed by atoms with Crippen LogP contribution in [0.1, 0.15) is 11.1 Å². The lowest BCUT2D eigenvalue weighted by Gasteiger charge is -2.08. The molecule has 0 unspecified atom stereocenters. The second-order valence-electron chi connectivity index (χ2n) is 3.60. The number of anilines is 2.